The van der Waals surface area contributed by atoms with Gasteiger partial charge in [0.2, 0.25) is 0 Å². The SMILES string of the molecule is CC.Cc1ccc(CO)c2cc(C(F)(F)F)nn12. The maximum Gasteiger partial charge on any atom is 0.435 e. The number of hydrogen-bond acceptors (Lipinski definition) is 2. The van der Waals surface area contributed by atoms with E-state index in [-0.39, 0.29) is 12.1 Å². The molecule has 2 aromatic rings. The lowest BCUT2D eigenvalue weighted by Gasteiger charge is -2.02. The number of aryl methyl sites for hydroxylation is 1. The summed E-state index contributed by atoms with van der Waals surface area (Å²) in [6, 6.07) is 4.15. The second-order valence-corrected chi connectivity index (χ2v) is 3.48. The third kappa shape index (κ3) is 2.64. The summed E-state index contributed by atoms with van der Waals surface area (Å²) in [5.74, 6) is 0. The van der Waals surface area contributed by atoms with E-state index in [1.807, 2.05) is 13.8 Å². The van der Waals surface area contributed by atoms with E-state index < -0.39 is 11.9 Å². The van der Waals surface area contributed by atoms with Crippen LogP contribution >= 0.6 is 0 Å². The Kier molecular flexibility index (Phi) is 4.34. The number of fused-ring (bicyclic) bond motifs is 1. The first-order valence-corrected chi connectivity index (χ1v) is 5.60. The van der Waals surface area contributed by atoms with Crippen molar-refractivity contribution < 1.29 is 18.3 Å². The van der Waals surface area contributed by atoms with Crippen LogP contribution in [-0.4, -0.2) is 14.7 Å². The Bertz CT molecular complexity index is 532. The van der Waals surface area contributed by atoms with Crippen LogP contribution in [0, 0.1) is 6.92 Å². The molecule has 0 bridgehead atoms. The lowest BCUT2D eigenvalue weighted by atomic mass is 10.2. The maximum atomic E-state index is 12.5. The molecule has 18 heavy (non-hydrogen) atoms. The molecule has 1 N–H and O–H groups in total. The highest BCUT2D eigenvalue weighted by atomic mass is 19.4. The summed E-state index contributed by atoms with van der Waals surface area (Å²) >= 11 is 0. The monoisotopic (exact) mass is 260 g/mol. The highest BCUT2D eigenvalue weighted by molar-refractivity contribution is 5.56. The summed E-state index contributed by atoms with van der Waals surface area (Å²) < 4.78 is 38.6. The van der Waals surface area contributed by atoms with E-state index in [2.05, 4.69) is 5.10 Å². The van der Waals surface area contributed by atoms with Crippen LogP contribution in [0.15, 0.2) is 18.2 Å². The van der Waals surface area contributed by atoms with E-state index in [4.69, 9.17) is 5.11 Å². The topological polar surface area (TPSA) is 37.5 Å². The number of aliphatic hydroxyl groups is 1. The van der Waals surface area contributed by atoms with Crippen molar-refractivity contribution in [1.29, 1.82) is 0 Å². The van der Waals surface area contributed by atoms with Crippen LogP contribution in [0.1, 0.15) is 30.8 Å². The van der Waals surface area contributed by atoms with Crippen molar-refractivity contribution in [2.75, 3.05) is 0 Å². The van der Waals surface area contributed by atoms with Crippen LogP contribution in [0.25, 0.3) is 5.52 Å². The van der Waals surface area contributed by atoms with Gasteiger partial charge in [0.1, 0.15) is 0 Å². The van der Waals surface area contributed by atoms with Gasteiger partial charge in [-0.05, 0) is 19.1 Å². The molecule has 3 nitrogen and oxygen atoms in total. The second kappa shape index (κ2) is 5.39. The van der Waals surface area contributed by atoms with Gasteiger partial charge in [0.05, 0.1) is 12.1 Å². The molecule has 0 fully saturated rings. The molecule has 0 atom stereocenters. The van der Waals surface area contributed by atoms with Gasteiger partial charge in [-0.25, -0.2) is 4.52 Å². The van der Waals surface area contributed by atoms with Gasteiger partial charge in [-0.1, -0.05) is 19.9 Å². The van der Waals surface area contributed by atoms with Crippen molar-refractivity contribution in [2.24, 2.45) is 0 Å². The Hall–Kier alpha value is -1.56. The number of aromatic nitrogens is 2. The van der Waals surface area contributed by atoms with Gasteiger partial charge >= 0.3 is 6.18 Å². The molecule has 2 aromatic heterocycles. The molecule has 0 unspecified atom stereocenters. The second-order valence-electron chi connectivity index (χ2n) is 3.48. The highest BCUT2D eigenvalue weighted by Gasteiger charge is 2.34. The maximum absolute atomic E-state index is 12.5. The van der Waals surface area contributed by atoms with Crippen LogP contribution in [0.4, 0.5) is 13.2 Å². The third-order valence-corrected chi connectivity index (χ3v) is 2.36. The summed E-state index contributed by atoms with van der Waals surface area (Å²) in [6.45, 7) is 5.34. The minimum atomic E-state index is -4.47. The fraction of sp³-hybridized carbons (Fsp3) is 0.417. The van der Waals surface area contributed by atoms with E-state index in [1.165, 1.54) is 4.52 Å². The Balaban J connectivity index is 0.000000771. The number of alkyl halides is 3. The van der Waals surface area contributed by atoms with E-state index in [9.17, 15) is 13.2 Å². The van der Waals surface area contributed by atoms with E-state index in [1.54, 1.807) is 19.1 Å². The number of aliphatic hydroxyl groups excluding tert-OH is 1. The summed E-state index contributed by atoms with van der Waals surface area (Å²) in [4.78, 5) is 0. The molecule has 0 aliphatic rings. The lowest BCUT2D eigenvalue weighted by molar-refractivity contribution is -0.141. The predicted molar refractivity (Wildman–Crippen MR) is 62.2 cm³/mol. The van der Waals surface area contributed by atoms with Gasteiger partial charge in [0, 0.05) is 11.3 Å². The van der Waals surface area contributed by atoms with Crippen molar-refractivity contribution >= 4 is 5.52 Å². The largest absolute Gasteiger partial charge is 0.435 e. The summed E-state index contributed by atoms with van der Waals surface area (Å²) in [5.41, 5.74) is 0.350. The minimum Gasteiger partial charge on any atom is -0.392 e. The van der Waals surface area contributed by atoms with Crippen LogP contribution in [0.5, 0.6) is 0 Å². The van der Waals surface area contributed by atoms with E-state index in [0.29, 0.717) is 11.3 Å². The molecule has 0 aromatic carbocycles. The number of rotatable bonds is 1. The molecule has 100 valence electrons. The predicted octanol–water partition coefficient (Wildman–Crippen LogP) is 3.18. The zero-order valence-electron chi connectivity index (χ0n) is 10.4. The van der Waals surface area contributed by atoms with Crippen molar-refractivity contribution in [3.05, 3.63) is 35.2 Å². The average Bonchev–Trinajstić information content (AvgIpc) is 2.78. The fourth-order valence-electron chi connectivity index (χ4n) is 1.53. The molecule has 2 rings (SSSR count). The van der Waals surface area contributed by atoms with Gasteiger partial charge in [0.15, 0.2) is 5.69 Å². The summed E-state index contributed by atoms with van der Waals surface area (Å²) in [7, 11) is 0. The van der Waals surface area contributed by atoms with Gasteiger partial charge < -0.3 is 5.11 Å². The highest BCUT2D eigenvalue weighted by Crippen LogP contribution is 2.29. The normalized spacial score (nSPS) is 11.3. The Morgan fingerprint density at radius 1 is 1.28 bits per heavy atom. The number of nitrogens with zero attached hydrogens (tertiary/aromatic N) is 2. The van der Waals surface area contributed by atoms with Crippen LogP contribution < -0.4 is 0 Å². The third-order valence-electron chi connectivity index (χ3n) is 2.36. The number of hydrogen-bond donors (Lipinski definition) is 1. The van der Waals surface area contributed by atoms with Crippen LogP contribution in [0.3, 0.4) is 0 Å². The smallest absolute Gasteiger partial charge is 0.392 e. The first-order valence-electron chi connectivity index (χ1n) is 5.60. The molecule has 6 heteroatoms. The molecule has 2 heterocycles. The number of pyridine rings is 1. The quantitative estimate of drug-likeness (QED) is 0.855. The Morgan fingerprint density at radius 3 is 2.39 bits per heavy atom. The first kappa shape index (κ1) is 14.5. The van der Waals surface area contributed by atoms with Gasteiger partial charge in [-0.2, -0.15) is 18.3 Å². The van der Waals surface area contributed by atoms with Crippen molar-refractivity contribution in [3.63, 3.8) is 0 Å². The zero-order valence-corrected chi connectivity index (χ0v) is 10.4. The van der Waals surface area contributed by atoms with E-state index >= 15 is 0 Å². The van der Waals surface area contributed by atoms with Crippen LogP contribution in [0.2, 0.25) is 0 Å². The van der Waals surface area contributed by atoms with Crippen LogP contribution in [-0.2, 0) is 12.8 Å². The average molecular weight is 260 g/mol. The molecule has 0 spiro atoms. The molecular weight excluding hydrogens is 245 g/mol. The molecule has 0 amide bonds. The number of halogens is 3. The summed E-state index contributed by atoms with van der Waals surface area (Å²) in [6.07, 6.45) is -4.47. The molecule has 0 saturated carbocycles. The molecular formula is C12H15F3N2O. The molecule has 0 aliphatic heterocycles. The minimum absolute atomic E-state index is 0.287. The van der Waals surface area contributed by atoms with Crippen molar-refractivity contribution in [2.45, 2.75) is 33.6 Å². The zero-order chi connectivity index (χ0) is 13.9. The standard InChI is InChI=1S/C10H9F3N2O.C2H6/c1-6-2-3-7(5-16)8-4-9(10(11,12)13)14-15(6)8;1-2/h2-4,16H,5H2,1H3;1-2H3. The first-order chi connectivity index (χ1) is 8.43. The molecule has 0 aliphatic carbocycles. The lowest BCUT2D eigenvalue weighted by Crippen LogP contribution is -2.06. The Labute approximate surface area is 103 Å². The molecule has 0 radical (unpaired) electrons. The summed E-state index contributed by atoms with van der Waals surface area (Å²) in [5, 5.41) is 12.5. The van der Waals surface area contributed by atoms with Gasteiger partial charge in [-0.15, -0.1) is 0 Å². The molecule has 0 saturated heterocycles. The van der Waals surface area contributed by atoms with E-state index in [0.717, 1.165) is 6.07 Å². The van der Waals surface area contributed by atoms with Gasteiger partial charge in [-0.3, -0.25) is 0 Å². The van der Waals surface area contributed by atoms with Crippen molar-refractivity contribution in [1.82, 2.24) is 9.61 Å². The Morgan fingerprint density at radius 2 is 1.89 bits per heavy atom. The fourth-order valence-corrected chi connectivity index (χ4v) is 1.53. The van der Waals surface area contributed by atoms with Crippen molar-refractivity contribution in [3.8, 4) is 0 Å². The van der Waals surface area contributed by atoms with Gasteiger partial charge in [0.25, 0.3) is 0 Å².